The van der Waals surface area contributed by atoms with Crippen LogP contribution in [0.15, 0.2) is 48.8 Å². The molecular formula is C21H24N4O2. The molecule has 0 unspecified atom stereocenters. The van der Waals surface area contributed by atoms with E-state index in [1.807, 2.05) is 47.0 Å². The molecule has 140 valence electrons. The summed E-state index contributed by atoms with van der Waals surface area (Å²) in [5, 5.41) is 12.1. The second kappa shape index (κ2) is 9.60. The number of benzene rings is 1. The third-order valence-corrected chi connectivity index (χ3v) is 4.22. The highest BCUT2D eigenvalue weighted by atomic mass is 16.5. The minimum absolute atomic E-state index is 0.493. The van der Waals surface area contributed by atoms with Gasteiger partial charge in [-0.05, 0) is 36.2 Å². The fourth-order valence-corrected chi connectivity index (χ4v) is 2.83. The van der Waals surface area contributed by atoms with E-state index in [1.54, 1.807) is 7.11 Å². The molecule has 3 aromatic rings. The summed E-state index contributed by atoms with van der Waals surface area (Å²) in [6, 6.07) is 14.1. The minimum atomic E-state index is 0.493. The molecular weight excluding hydrogens is 340 g/mol. The van der Waals surface area contributed by atoms with Gasteiger partial charge < -0.3 is 19.2 Å². The van der Waals surface area contributed by atoms with Gasteiger partial charge in [0.05, 0.1) is 25.5 Å². The average molecular weight is 364 g/mol. The van der Waals surface area contributed by atoms with E-state index < -0.39 is 0 Å². The Kier molecular flexibility index (Phi) is 6.66. The van der Waals surface area contributed by atoms with Crippen LogP contribution in [-0.4, -0.2) is 29.6 Å². The molecule has 0 saturated carbocycles. The zero-order chi connectivity index (χ0) is 18.9. The Hall–Kier alpha value is -3.04. The van der Waals surface area contributed by atoms with Gasteiger partial charge in [-0.3, -0.25) is 0 Å². The Labute approximate surface area is 159 Å². The number of nitriles is 1. The van der Waals surface area contributed by atoms with E-state index in [0.717, 1.165) is 42.2 Å². The number of nitrogens with one attached hydrogen (secondary N) is 1. The molecule has 0 aliphatic carbocycles. The fourth-order valence-electron chi connectivity index (χ4n) is 2.83. The number of pyridine rings is 1. The van der Waals surface area contributed by atoms with Crippen LogP contribution in [-0.2, 0) is 13.0 Å². The molecule has 0 radical (unpaired) electrons. The summed E-state index contributed by atoms with van der Waals surface area (Å²) in [7, 11) is 1.63. The van der Waals surface area contributed by atoms with E-state index in [4.69, 9.17) is 14.7 Å². The number of unbranched alkanes of at least 4 members (excludes halogenated alkanes) is 1. The highest BCUT2D eigenvalue weighted by Crippen LogP contribution is 2.28. The summed E-state index contributed by atoms with van der Waals surface area (Å²) >= 11 is 0. The number of fused-ring (bicyclic) bond motifs is 1. The van der Waals surface area contributed by atoms with E-state index >= 15 is 0 Å². The van der Waals surface area contributed by atoms with Crippen molar-refractivity contribution in [2.75, 3.05) is 20.3 Å². The molecule has 2 heterocycles. The van der Waals surface area contributed by atoms with Gasteiger partial charge in [0.25, 0.3) is 0 Å². The quantitative estimate of drug-likeness (QED) is 0.559. The Morgan fingerprint density at radius 2 is 2.15 bits per heavy atom. The van der Waals surface area contributed by atoms with Gasteiger partial charge in [0.2, 0.25) is 0 Å². The average Bonchev–Trinajstić information content (AvgIpc) is 3.11. The Morgan fingerprint density at radius 1 is 1.22 bits per heavy atom. The second-order valence-electron chi connectivity index (χ2n) is 6.22. The van der Waals surface area contributed by atoms with Crippen LogP contribution < -0.4 is 14.8 Å². The summed E-state index contributed by atoms with van der Waals surface area (Å²) in [6.45, 7) is 2.09. The number of nitrogens with zero attached hydrogens (tertiary/aromatic N) is 3. The predicted molar refractivity (Wildman–Crippen MR) is 104 cm³/mol. The van der Waals surface area contributed by atoms with Crippen LogP contribution in [0.5, 0.6) is 11.5 Å². The van der Waals surface area contributed by atoms with Gasteiger partial charge >= 0.3 is 0 Å². The van der Waals surface area contributed by atoms with Crippen molar-refractivity contribution < 1.29 is 9.47 Å². The fraction of sp³-hybridized carbons (Fsp3) is 0.333. The van der Waals surface area contributed by atoms with Gasteiger partial charge in [0, 0.05) is 38.3 Å². The third-order valence-electron chi connectivity index (χ3n) is 4.22. The predicted octanol–water partition coefficient (Wildman–Crippen LogP) is 3.36. The number of ether oxygens (including phenoxy) is 2. The smallest absolute Gasteiger partial charge is 0.161 e. The minimum Gasteiger partial charge on any atom is -0.493 e. The van der Waals surface area contributed by atoms with Gasteiger partial charge in [-0.25, -0.2) is 4.98 Å². The Bertz CT molecular complexity index is 881. The Balaban J connectivity index is 1.50. The molecule has 1 aromatic carbocycles. The maximum absolute atomic E-state index is 8.61. The molecule has 0 aliphatic rings. The number of imidazole rings is 1. The van der Waals surface area contributed by atoms with Crippen molar-refractivity contribution in [1.82, 2.24) is 14.7 Å². The lowest BCUT2D eigenvalue weighted by atomic mass is 10.2. The highest BCUT2D eigenvalue weighted by molar-refractivity contribution is 5.43. The summed E-state index contributed by atoms with van der Waals surface area (Å²) in [4.78, 5) is 4.61. The lowest BCUT2D eigenvalue weighted by molar-refractivity contribution is 0.290. The Morgan fingerprint density at radius 3 is 2.96 bits per heavy atom. The summed E-state index contributed by atoms with van der Waals surface area (Å²) in [5.41, 5.74) is 3.17. The number of hydrogen-bond donors (Lipinski definition) is 1. The van der Waals surface area contributed by atoms with Gasteiger partial charge in [-0.1, -0.05) is 12.1 Å². The monoisotopic (exact) mass is 364 g/mol. The summed E-state index contributed by atoms with van der Waals surface area (Å²) < 4.78 is 13.1. The van der Waals surface area contributed by atoms with E-state index in [0.29, 0.717) is 25.2 Å². The second-order valence-corrected chi connectivity index (χ2v) is 6.22. The summed E-state index contributed by atoms with van der Waals surface area (Å²) in [5.74, 6) is 1.43. The molecule has 3 rings (SSSR count). The molecule has 0 saturated heterocycles. The van der Waals surface area contributed by atoms with Gasteiger partial charge in [-0.15, -0.1) is 0 Å². The molecule has 0 fully saturated rings. The molecule has 6 nitrogen and oxygen atoms in total. The van der Waals surface area contributed by atoms with Crippen LogP contribution in [0.3, 0.4) is 0 Å². The van der Waals surface area contributed by atoms with Crippen LogP contribution in [0, 0.1) is 11.3 Å². The summed E-state index contributed by atoms with van der Waals surface area (Å²) in [6.07, 6.45) is 6.15. The number of rotatable bonds is 10. The normalized spacial score (nSPS) is 10.7. The van der Waals surface area contributed by atoms with E-state index in [2.05, 4.69) is 22.6 Å². The van der Waals surface area contributed by atoms with Gasteiger partial charge in [0.15, 0.2) is 11.5 Å². The van der Waals surface area contributed by atoms with E-state index in [1.165, 1.54) is 0 Å². The van der Waals surface area contributed by atoms with Crippen molar-refractivity contribution in [2.45, 2.75) is 25.8 Å². The van der Waals surface area contributed by atoms with Crippen molar-refractivity contribution in [3.63, 3.8) is 0 Å². The SMILES string of the molecule is COc1ccc(CNCCc2cn3ccccc3n2)cc1OCCCC#N. The van der Waals surface area contributed by atoms with Crippen molar-refractivity contribution in [1.29, 1.82) is 5.26 Å². The first-order chi connectivity index (χ1) is 13.3. The van der Waals surface area contributed by atoms with E-state index in [9.17, 15) is 0 Å². The maximum atomic E-state index is 8.61. The highest BCUT2D eigenvalue weighted by Gasteiger charge is 2.06. The van der Waals surface area contributed by atoms with Crippen LogP contribution in [0.25, 0.3) is 5.65 Å². The molecule has 0 aliphatic heterocycles. The number of hydrogen-bond acceptors (Lipinski definition) is 5. The number of aromatic nitrogens is 2. The third kappa shape index (κ3) is 5.22. The molecule has 0 amide bonds. The zero-order valence-electron chi connectivity index (χ0n) is 15.5. The lowest BCUT2D eigenvalue weighted by Gasteiger charge is -2.12. The first-order valence-corrected chi connectivity index (χ1v) is 9.10. The van der Waals surface area contributed by atoms with Gasteiger partial charge in [-0.2, -0.15) is 5.26 Å². The maximum Gasteiger partial charge on any atom is 0.161 e. The van der Waals surface area contributed by atoms with Crippen molar-refractivity contribution in [3.05, 3.63) is 60.0 Å². The van der Waals surface area contributed by atoms with Crippen LogP contribution in [0.1, 0.15) is 24.1 Å². The lowest BCUT2D eigenvalue weighted by Crippen LogP contribution is -2.17. The van der Waals surface area contributed by atoms with Crippen LogP contribution in [0.4, 0.5) is 0 Å². The molecule has 0 bridgehead atoms. The van der Waals surface area contributed by atoms with Crippen LogP contribution >= 0.6 is 0 Å². The van der Waals surface area contributed by atoms with Crippen molar-refractivity contribution in [2.24, 2.45) is 0 Å². The van der Waals surface area contributed by atoms with Crippen molar-refractivity contribution in [3.8, 4) is 17.6 Å². The topological polar surface area (TPSA) is 71.6 Å². The van der Waals surface area contributed by atoms with Crippen LogP contribution in [0.2, 0.25) is 0 Å². The standard InChI is InChI=1S/C21H24N4O2/c1-26-19-8-7-17(14-20(19)27-13-5-3-10-22)15-23-11-9-18-16-25-12-4-2-6-21(25)24-18/h2,4,6-8,12,14,16,23H,3,5,9,11,13,15H2,1H3. The molecule has 27 heavy (non-hydrogen) atoms. The first kappa shape index (κ1) is 18.7. The number of methoxy groups -OCH3 is 1. The van der Waals surface area contributed by atoms with Gasteiger partial charge in [0.1, 0.15) is 5.65 Å². The zero-order valence-corrected chi connectivity index (χ0v) is 15.5. The van der Waals surface area contributed by atoms with Crippen molar-refractivity contribution >= 4 is 5.65 Å². The largest absolute Gasteiger partial charge is 0.493 e. The molecule has 6 heteroatoms. The molecule has 2 aromatic heterocycles. The first-order valence-electron chi connectivity index (χ1n) is 9.10. The van der Waals surface area contributed by atoms with E-state index in [-0.39, 0.29) is 0 Å². The molecule has 0 spiro atoms. The molecule has 1 N–H and O–H groups in total. The molecule has 0 atom stereocenters.